The number of hydrogen-bond acceptors (Lipinski definition) is 4. The topological polar surface area (TPSA) is 43.6 Å². The van der Waals surface area contributed by atoms with E-state index in [0.29, 0.717) is 17.5 Å². The molecule has 0 aliphatic heterocycles. The number of benzene rings is 11. The van der Waals surface area contributed by atoms with Crippen LogP contribution in [0.25, 0.3) is 137 Å². The zero-order valence-electron chi connectivity index (χ0n) is 37.8. The third-order valence-electron chi connectivity index (χ3n) is 13.8. The molecular weight excluding hydrogens is 869 g/mol. The molecule has 14 rings (SSSR count). The maximum Gasteiger partial charge on any atom is 0.164 e. The van der Waals surface area contributed by atoms with Crippen LogP contribution >= 0.6 is 11.3 Å². The van der Waals surface area contributed by atoms with Gasteiger partial charge in [0.2, 0.25) is 0 Å². The van der Waals surface area contributed by atoms with Crippen LogP contribution in [0.1, 0.15) is 0 Å². The summed E-state index contributed by atoms with van der Waals surface area (Å²) in [4.78, 5) is 16.1. The maximum atomic E-state index is 5.48. The van der Waals surface area contributed by atoms with Crippen molar-refractivity contribution in [3.8, 4) is 73.2 Å². The standard InChI is InChI=1S/C65H40N4S/c1-4-16-41(17-5-1)42-28-30-45(31-29-42)61-55(69-56-35-32-43-18-12-13-25-50(43)62(56)54-38-47-23-10-11-24-48(47)40-57(54)69)36-34-52(60(61)44-19-6-2-7-20-44)65-67-63(46-21-8-3-9-22-46)66-64(68-65)49-33-37-59-53(39-49)51-26-14-15-27-58(51)70-59/h1-40H. The van der Waals surface area contributed by atoms with Crippen molar-refractivity contribution >= 4 is 74.9 Å². The predicted molar refractivity (Wildman–Crippen MR) is 295 cm³/mol. The van der Waals surface area contributed by atoms with Crippen LogP contribution in [0.4, 0.5) is 0 Å². The van der Waals surface area contributed by atoms with Gasteiger partial charge < -0.3 is 4.57 Å². The summed E-state index contributed by atoms with van der Waals surface area (Å²) in [7, 11) is 0. The Morgan fingerprint density at radius 2 is 0.843 bits per heavy atom. The van der Waals surface area contributed by atoms with Gasteiger partial charge in [-0.15, -0.1) is 11.3 Å². The Kier molecular flexibility index (Phi) is 9.36. The van der Waals surface area contributed by atoms with E-state index in [4.69, 9.17) is 15.0 Å². The molecule has 5 heteroatoms. The van der Waals surface area contributed by atoms with Crippen LogP contribution in [-0.4, -0.2) is 19.5 Å². The average molecular weight is 909 g/mol. The lowest BCUT2D eigenvalue weighted by Crippen LogP contribution is -2.04. The Morgan fingerprint density at radius 1 is 0.300 bits per heavy atom. The summed E-state index contributed by atoms with van der Waals surface area (Å²) in [6.45, 7) is 0. The fraction of sp³-hybridized carbons (Fsp3) is 0. The largest absolute Gasteiger partial charge is 0.309 e. The van der Waals surface area contributed by atoms with Gasteiger partial charge in [-0.3, -0.25) is 0 Å². The highest BCUT2D eigenvalue weighted by Gasteiger charge is 2.25. The van der Waals surface area contributed by atoms with Crippen molar-refractivity contribution in [3.63, 3.8) is 0 Å². The lowest BCUT2D eigenvalue weighted by Gasteiger charge is -2.22. The molecule has 14 aromatic rings. The van der Waals surface area contributed by atoms with Crippen molar-refractivity contribution in [1.82, 2.24) is 19.5 Å². The Balaban J connectivity index is 1.10. The molecule has 0 aliphatic rings. The molecule has 0 atom stereocenters. The van der Waals surface area contributed by atoms with E-state index in [2.05, 4.69) is 229 Å². The third-order valence-corrected chi connectivity index (χ3v) is 15.0. The van der Waals surface area contributed by atoms with E-state index in [0.717, 1.165) is 61.2 Å². The summed E-state index contributed by atoms with van der Waals surface area (Å²) in [5, 5.41) is 9.73. The van der Waals surface area contributed by atoms with Gasteiger partial charge in [0, 0.05) is 58.8 Å². The van der Waals surface area contributed by atoms with Crippen molar-refractivity contribution in [3.05, 3.63) is 243 Å². The molecular formula is C65H40N4S. The zero-order chi connectivity index (χ0) is 46.1. The van der Waals surface area contributed by atoms with E-state index >= 15 is 0 Å². The SMILES string of the molecule is c1ccc(-c2ccc(-c3c(-n4c5cc6ccccc6cc5c5c6ccccc6ccc54)ccc(-c4nc(-c5ccccc5)nc(-c5ccc6sc7ccccc7c6c5)n4)c3-c3ccccc3)cc2)cc1. The van der Waals surface area contributed by atoms with E-state index in [1.165, 1.54) is 58.1 Å². The molecule has 0 unspecified atom stereocenters. The van der Waals surface area contributed by atoms with Gasteiger partial charge in [0.1, 0.15) is 0 Å². The second kappa shape index (κ2) is 16.3. The fourth-order valence-electron chi connectivity index (χ4n) is 10.6. The highest BCUT2D eigenvalue weighted by molar-refractivity contribution is 7.25. The maximum absolute atomic E-state index is 5.48. The van der Waals surface area contributed by atoms with Gasteiger partial charge in [-0.05, 0) is 98.4 Å². The van der Waals surface area contributed by atoms with Crippen molar-refractivity contribution in [2.45, 2.75) is 0 Å². The number of hydrogen-bond donors (Lipinski definition) is 0. The Labute approximate surface area is 408 Å². The summed E-state index contributed by atoms with van der Waals surface area (Å²) < 4.78 is 4.99. The first-order chi connectivity index (χ1) is 34.7. The minimum absolute atomic E-state index is 0.603. The average Bonchev–Trinajstić information content (AvgIpc) is 3.97. The fourth-order valence-corrected chi connectivity index (χ4v) is 11.6. The molecule has 0 saturated carbocycles. The third kappa shape index (κ3) is 6.62. The number of fused-ring (bicyclic) bond motifs is 9. The molecule has 70 heavy (non-hydrogen) atoms. The Morgan fingerprint density at radius 3 is 1.60 bits per heavy atom. The van der Waals surface area contributed by atoms with Gasteiger partial charge in [0.05, 0.1) is 16.7 Å². The number of rotatable bonds is 7. The van der Waals surface area contributed by atoms with E-state index in [-0.39, 0.29) is 0 Å². The minimum atomic E-state index is 0.603. The van der Waals surface area contributed by atoms with E-state index in [1.807, 2.05) is 29.5 Å². The molecule has 11 aromatic carbocycles. The predicted octanol–water partition coefficient (Wildman–Crippen LogP) is 17.6. The second-order valence-electron chi connectivity index (χ2n) is 17.9. The summed E-state index contributed by atoms with van der Waals surface area (Å²) in [5.41, 5.74) is 12.7. The summed E-state index contributed by atoms with van der Waals surface area (Å²) in [6.07, 6.45) is 0. The molecule has 0 spiro atoms. The number of thiophene rings is 1. The Bertz CT molecular complexity index is 4330. The lowest BCUT2D eigenvalue weighted by atomic mass is 9.87. The number of nitrogens with zero attached hydrogens (tertiary/aromatic N) is 4. The van der Waals surface area contributed by atoms with Gasteiger partial charge >= 0.3 is 0 Å². The molecule has 0 N–H and O–H groups in total. The quantitative estimate of drug-likeness (QED) is 0.160. The summed E-state index contributed by atoms with van der Waals surface area (Å²) >= 11 is 1.81. The first-order valence-electron chi connectivity index (χ1n) is 23.7. The van der Waals surface area contributed by atoms with Crippen molar-refractivity contribution in [2.24, 2.45) is 0 Å². The van der Waals surface area contributed by atoms with Crippen LogP contribution in [0.3, 0.4) is 0 Å². The molecule has 326 valence electrons. The van der Waals surface area contributed by atoms with Crippen LogP contribution in [0.2, 0.25) is 0 Å². The van der Waals surface area contributed by atoms with E-state index < -0.39 is 0 Å². The number of aromatic nitrogens is 4. The first-order valence-corrected chi connectivity index (χ1v) is 24.5. The van der Waals surface area contributed by atoms with Gasteiger partial charge in [-0.25, -0.2) is 15.0 Å². The first kappa shape index (κ1) is 40.1. The normalized spacial score (nSPS) is 11.7. The molecule has 0 radical (unpaired) electrons. The van der Waals surface area contributed by atoms with Crippen LogP contribution in [0.5, 0.6) is 0 Å². The molecule has 0 amide bonds. The monoisotopic (exact) mass is 908 g/mol. The molecule has 0 saturated heterocycles. The van der Waals surface area contributed by atoms with Gasteiger partial charge in [0.15, 0.2) is 17.5 Å². The summed E-state index contributed by atoms with van der Waals surface area (Å²) in [5.74, 6) is 1.85. The molecule has 0 aliphatic carbocycles. The van der Waals surface area contributed by atoms with Crippen LogP contribution in [0.15, 0.2) is 243 Å². The summed E-state index contributed by atoms with van der Waals surface area (Å²) in [6, 6.07) is 87.3. The molecule has 4 nitrogen and oxygen atoms in total. The lowest BCUT2D eigenvalue weighted by molar-refractivity contribution is 1.07. The van der Waals surface area contributed by atoms with Gasteiger partial charge in [0.25, 0.3) is 0 Å². The minimum Gasteiger partial charge on any atom is -0.309 e. The van der Waals surface area contributed by atoms with Crippen molar-refractivity contribution in [1.29, 1.82) is 0 Å². The van der Waals surface area contributed by atoms with Crippen LogP contribution in [0, 0.1) is 0 Å². The van der Waals surface area contributed by atoms with Crippen LogP contribution < -0.4 is 0 Å². The van der Waals surface area contributed by atoms with E-state index in [9.17, 15) is 0 Å². The molecule has 0 bridgehead atoms. The zero-order valence-corrected chi connectivity index (χ0v) is 38.6. The second-order valence-corrected chi connectivity index (χ2v) is 19.0. The van der Waals surface area contributed by atoms with Crippen molar-refractivity contribution in [2.75, 3.05) is 0 Å². The smallest absolute Gasteiger partial charge is 0.164 e. The highest BCUT2D eigenvalue weighted by atomic mass is 32.1. The Hall–Kier alpha value is -9.03. The molecule has 3 heterocycles. The molecule has 3 aromatic heterocycles. The van der Waals surface area contributed by atoms with Gasteiger partial charge in [-0.2, -0.15) is 0 Å². The molecule has 0 fully saturated rings. The highest BCUT2D eigenvalue weighted by Crippen LogP contribution is 2.47. The van der Waals surface area contributed by atoms with E-state index in [1.54, 1.807) is 0 Å². The van der Waals surface area contributed by atoms with Crippen LogP contribution in [-0.2, 0) is 0 Å². The van der Waals surface area contributed by atoms with Gasteiger partial charge in [-0.1, -0.05) is 188 Å². The van der Waals surface area contributed by atoms with Crippen molar-refractivity contribution < 1.29 is 0 Å².